The van der Waals surface area contributed by atoms with Crippen molar-refractivity contribution in [1.82, 2.24) is 16.0 Å². The minimum atomic E-state index is -0.0326. The Hall–Kier alpha value is -1.51. The van der Waals surface area contributed by atoms with Crippen molar-refractivity contribution in [2.24, 2.45) is 4.99 Å². The number of halogens is 1. The summed E-state index contributed by atoms with van der Waals surface area (Å²) in [5.41, 5.74) is 2.20. The average Bonchev–Trinajstić information content (AvgIpc) is 2.61. The van der Waals surface area contributed by atoms with Gasteiger partial charge >= 0.3 is 0 Å². The molecule has 0 aromatic heterocycles. The normalized spacial score (nSPS) is 10.7. The van der Waals surface area contributed by atoms with Gasteiger partial charge in [-0.25, -0.2) is 4.99 Å². The summed E-state index contributed by atoms with van der Waals surface area (Å²) in [7, 11) is 0. The molecule has 1 amide bonds. The van der Waals surface area contributed by atoms with E-state index in [0.29, 0.717) is 25.7 Å². The number of nitrogens with one attached hydrogen (secondary N) is 3. The molecule has 26 heavy (non-hydrogen) atoms. The van der Waals surface area contributed by atoms with Crippen molar-refractivity contribution < 1.29 is 9.53 Å². The van der Waals surface area contributed by atoms with E-state index in [2.05, 4.69) is 33.9 Å². The Morgan fingerprint density at radius 3 is 2.54 bits per heavy atom. The van der Waals surface area contributed by atoms with E-state index < -0.39 is 0 Å². The molecule has 1 aromatic rings. The number of ether oxygens (including phenoxy) is 1. The van der Waals surface area contributed by atoms with E-state index in [1.165, 1.54) is 0 Å². The van der Waals surface area contributed by atoms with Gasteiger partial charge in [0.05, 0.1) is 19.7 Å². The zero-order valence-electron chi connectivity index (χ0n) is 16.4. The lowest BCUT2D eigenvalue weighted by atomic mass is 10.1. The van der Waals surface area contributed by atoms with Gasteiger partial charge in [-0.05, 0) is 38.3 Å². The predicted octanol–water partition coefficient (Wildman–Crippen LogP) is 2.98. The topological polar surface area (TPSA) is 74.8 Å². The summed E-state index contributed by atoms with van der Waals surface area (Å²) in [5, 5.41) is 9.05. The maximum atomic E-state index is 11.7. The number of hydrogen-bond acceptors (Lipinski definition) is 3. The highest BCUT2D eigenvalue weighted by molar-refractivity contribution is 14.0. The van der Waals surface area contributed by atoms with Crippen molar-refractivity contribution in [1.29, 1.82) is 0 Å². The summed E-state index contributed by atoms with van der Waals surface area (Å²) in [6.07, 6.45) is 1.89. The van der Waals surface area contributed by atoms with Crippen molar-refractivity contribution in [3.8, 4) is 5.75 Å². The standard InChI is InChI=1S/C19H32N4O2.HI/c1-5-10-21-18(24)14-23-19(20-7-3)22-13-16-9-8-15(4)12-17(16)25-11-6-2;/h8-9,12H,5-7,10-11,13-14H2,1-4H3,(H,21,24)(H2,20,22,23);1H. The molecule has 0 saturated carbocycles. The molecule has 0 atom stereocenters. The van der Waals surface area contributed by atoms with Crippen LogP contribution >= 0.6 is 24.0 Å². The van der Waals surface area contributed by atoms with Gasteiger partial charge in [0.2, 0.25) is 5.91 Å². The lowest BCUT2D eigenvalue weighted by Gasteiger charge is -2.13. The van der Waals surface area contributed by atoms with E-state index in [1.807, 2.05) is 32.9 Å². The second-order valence-corrected chi connectivity index (χ2v) is 5.86. The molecule has 3 N–H and O–H groups in total. The van der Waals surface area contributed by atoms with Gasteiger partial charge < -0.3 is 20.7 Å². The van der Waals surface area contributed by atoms with Crippen LogP contribution in [0.25, 0.3) is 0 Å². The first-order chi connectivity index (χ1) is 12.1. The highest BCUT2D eigenvalue weighted by Crippen LogP contribution is 2.21. The molecule has 0 radical (unpaired) electrons. The van der Waals surface area contributed by atoms with Crippen LogP contribution in [0.3, 0.4) is 0 Å². The number of rotatable bonds is 10. The summed E-state index contributed by atoms with van der Waals surface area (Å²) in [6, 6.07) is 6.14. The third kappa shape index (κ3) is 9.84. The maximum Gasteiger partial charge on any atom is 0.239 e. The Kier molecular flexibility index (Phi) is 13.8. The van der Waals surface area contributed by atoms with E-state index >= 15 is 0 Å². The first-order valence-corrected chi connectivity index (χ1v) is 9.11. The second kappa shape index (κ2) is 14.6. The van der Waals surface area contributed by atoms with Gasteiger partial charge in [0.15, 0.2) is 5.96 Å². The molecule has 1 rings (SSSR count). The molecule has 0 fully saturated rings. The van der Waals surface area contributed by atoms with Crippen molar-refractivity contribution in [3.05, 3.63) is 29.3 Å². The molecule has 0 heterocycles. The van der Waals surface area contributed by atoms with Crippen molar-refractivity contribution in [3.63, 3.8) is 0 Å². The van der Waals surface area contributed by atoms with Gasteiger partial charge in [-0.15, -0.1) is 24.0 Å². The lowest BCUT2D eigenvalue weighted by molar-refractivity contribution is -0.120. The molecule has 0 bridgehead atoms. The van der Waals surface area contributed by atoms with Crippen LogP contribution in [0.4, 0.5) is 0 Å². The molecule has 0 unspecified atom stereocenters. The van der Waals surface area contributed by atoms with Gasteiger partial charge in [-0.1, -0.05) is 26.0 Å². The zero-order valence-corrected chi connectivity index (χ0v) is 18.7. The van der Waals surface area contributed by atoms with Crippen LogP contribution in [-0.4, -0.2) is 38.1 Å². The van der Waals surface area contributed by atoms with E-state index in [9.17, 15) is 4.79 Å². The fourth-order valence-corrected chi connectivity index (χ4v) is 2.14. The molecule has 0 spiro atoms. The second-order valence-electron chi connectivity index (χ2n) is 5.86. The van der Waals surface area contributed by atoms with Gasteiger partial charge in [0.25, 0.3) is 0 Å². The van der Waals surface area contributed by atoms with Crippen LogP contribution in [0.2, 0.25) is 0 Å². The van der Waals surface area contributed by atoms with Crippen LogP contribution in [0.5, 0.6) is 5.75 Å². The fraction of sp³-hybridized carbons (Fsp3) is 0.579. The van der Waals surface area contributed by atoms with Crippen LogP contribution in [0, 0.1) is 6.92 Å². The first kappa shape index (κ1) is 24.5. The van der Waals surface area contributed by atoms with Crippen molar-refractivity contribution in [2.75, 3.05) is 26.2 Å². The number of aryl methyl sites for hydroxylation is 1. The number of aliphatic imine (C=N–C) groups is 1. The van der Waals surface area contributed by atoms with Crippen LogP contribution < -0.4 is 20.7 Å². The number of nitrogens with zero attached hydrogens (tertiary/aromatic N) is 1. The minimum Gasteiger partial charge on any atom is -0.493 e. The van der Waals surface area contributed by atoms with Gasteiger partial charge in [-0.3, -0.25) is 4.79 Å². The Balaban J connectivity index is 0.00000625. The molecule has 0 saturated heterocycles. The summed E-state index contributed by atoms with van der Waals surface area (Å²) in [4.78, 5) is 16.3. The maximum absolute atomic E-state index is 11.7. The average molecular weight is 476 g/mol. The Morgan fingerprint density at radius 2 is 1.88 bits per heavy atom. The van der Waals surface area contributed by atoms with Crippen LogP contribution in [0.1, 0.15) is 44.7 Å². The van der Waals surface area contributed by atoms with Crippen LogP contribution in [-0.2, 0) is 11.3 Å². The van der Waals surface area contributed by atoms with Gasteiger partial charge in [-0.2, -0.15) is 0 Å². The molecular formula is C19H33IN4O2. The summed E-state index contributed by atoms with van der Waals surface area (Å²) in [6.45, 7) is 11.0. The van der Waals surface area contributed by atoms with E-state index in [-0.39, 0.29) is 36.4 Å². The van der Waals surface area contributed by atoms with E-state index in [0.717, 1.165) is 36.3 Å². The summed E-state index contributed by atoms with van der Waals surface area (Å²) in [5.74, 6) is 1.47. The number of benzene rings is 1. The van der Waals surface area contributed by atoms with Gasteiger partial charge in [0, 0.05) is 18.7 Å². The Morgan fingerprint density at radius 1 is 1.12 bits per heavy atom. The van der Waals surface area contributed by atoms with E-state index in [4.69, 9.17) is 4.74 Å². The lowest BCUT2D eigenvalue weighted by Crippen LogP contribution is -2.43. The largest absolute Gasteiger partial charge is 0.493 e. The number of amides is 1. The first-order valence-electron chi connectivity index (χ1n) is 9.11. The van der Waals surface area contributed by atoms with E-state index in [1.54, 1.807) is 0 Å². The number of carbonyl (C=O) groups excluding carboxylic acids is 1. The summed E-state index contributed by atoms with van der Waals surface area (Å²) >= 11 is 0. The monoisotopic (exact) mass is 476 g/mol. The minimum absolute atomic E-state index is 0. The number of hydrogen-bond donors (Lipinski definition) is 3. The molecule has 0 aliphatic rings. The Labute approximate surface area is 174 Å². The molecule has 6 nitrogen and oxygen atoms in total. The van der Waals surface area contributed by atoms with Crippen LogP contribution in [0.15, 0.2) is 23.2 Å². The quantitative estimate of drug-likeness (QED) is 0.276. The third-order valence-corrected chi connectivity index (χ3v) is 3.42. The van der Waals surface area contributed by atoms with Crippen molar-refractivity contribution >= 4 is 35.8 Å². The molecule has 148 valence electrons. The summed E-state index contributed by atoms with van der Waals surface area (Å²) < 4.78 is 5.83. The number of carbonyl (C=O) groups is 1. The molecule has 1 aromatic carbocycles. The molecular weight excluding hydrogens is 443 g/mol. The molecule has 0 aliphatic heterocycles. The zero-order chi connectivity index (χ0) is 18.5. The number of guanidine groups is 1. The molecule has 7 heteroatoms. The Bertz CT molecular complexity index is 564. The third-order valence-electron chi connectivity index (χ3n) is 3.42. The highest BCUT2D eigenvalue weighted by Gasteiger charge is 2.06. The van der Waals surface area contributed by atoms with Gasteiger partial charge in [0.1, 0.15) is 5.75 Å². The SMILES string of the molecule is CCCNC(=O)CNC(=NCc1ccc(C)cc1OCCC)NCC.I. The smallest absolute Gasteiger partial charge is 0.239 e. The molecule has 0 aliphatic carbocycles. The fourth-order valence-electron chi connectivity index (χ4n) is 2.14. The predicted molar refractivity (Wildman–Crippen MR) is 118 cm³/mol. The highest BCUT2D eigenvalue weighted by atomic mass is 127. The van der Waals surface area contributed by atoms with Crippen molar-refractivity contribution in [2.45, 2.75) is 47.1 Å².